The first-order chi connectivity index (χ1) is 11.8. The minimum absolute atomic E-state index is 0.0387. The van der Waals surface area contributed by atoms with Crippen LogP contribution in [0.4, 0.5) is 0 Å². The molecule has 0 saturated heterocycles. The molecule has 0 aliphatic rings. The van der Waals surface area contributed by atoms with Crippen LogP contribution in [0.25, 0.3) is 10.8 Å². The number of nitrogens with zero attached hydrogens (tertiary/aromatic N) is 1. The third-order valence-electron chi connectivity index (χ3n) is 3.90. The molecule has 7 nitrogen and oxygen atoms in total. The fourth-order valence-electron chi connectivity index (χ4n) is 2.68. The van der Waals surface area contributed by atoms with Crippen molar-refractivity contribution in [1.29, 1.82) is 0 Å². The molecule has 3 aromatic rings. The van der Waals surface area contributed by atoms with E-state index in [0.29, 0.717) is 0 Å². The van der Waals surface area contributed by atoms with E-state index in [9.17, 15) is 13.2 Å². The number of sulfonamides is 1. The van der Waals surface area contributed by atoms with Crippen molar-refractivity contribution in [3.8, 4) is 0 Å². The highest BCUT2D eigenvalue weighted by atomic mass is 32.2. The summed E-state index contributed by atoms with van der Waals surface area (Å²) in [4.78, 5) is 15.1. The zero-order valence-corrected chi connectivity index (χ0v) is 14.4. The van der Waals surface area contributed by atoms with E-state index in [1.54, 1.807) is 19.3 Å². The largest absolute Gasteiger partial charge is 0.478 e. The number of fused-ring (bicyclic) bond motifs is 1. The number of carboxylic acid groups (broad SMARTS) is 1. The molecule has 130 valence electrons. The molecule has 0 aliphatic carbocycles. The summed E-state index contributed by atoms with van der Waals surface area (Å²) in [7, 11) is -4.01. The van der Waals surface area contributed by atoms with Crippen LogP contribution in [-0.2, 0) is 10.0 Å². The van der Waals surface area contributed by atoms with Crippen molar-refractivity contribution in [2.45, 2.75) is 25.0 Å². The van der Waals surface area contributed by atoms with E-state index in [0.717, 1.165) is 22.4 Å². The van der Waals surface area contributed by atoms with Gasteiger partial charge in [0.15, 0.2) is 0 Å². The lowest BCUT2D eigenvalue weighted by Crippen LogP contribution is -2.26. The lowest BCUT2D eigenvalue weighted by atomic mass is 10.0. The van der Waals surface area contributed by atoms with Gasteiger partial charge in [-0.05, 0) is 30.9 Å². The minimum atomic E-state index is -4.01. The molecule has 0 spiro atoms. The summed E-state index contributed by atoms with van der Waals surface area (Å²) in [6.07, 6.45) is 3.34. The van der Waals surface area contributed by atoms with Gasteiger partial charge in [-0.2, -0.15) is 0 Å². The average molecular weight is 360 g/mol. The summed E-state index contributed by atoms with van der Waals surface area (Å²) < 4.78 is 32.7. The Bertz CT molecular complexity index is 1050. The number of carboxylic acids is 1. The van der Waals surface area contributed by atoms with Gasteiger partial charge in [-0.25, -0.2) is 17.9 Å². The number of pyridine rings is 1. The molecule has 0 saturated carbocycles. The number of nitrogens with one attached hydrogen (secondary N) is 1. The van der Waals surface area contributed by atoms with Gasteiger partial charge in [-0.3, -0.25) is 4.98 Å². The van der Waals surface area contributed by atoms with Crippen LogP contribution in [0.2, 0.25) is 0 Å². The molecular formula is C17H16N2O5S. The Labute approximate surface area is 144 Å². The van der Waals surface area contributed by atoms with Crippen molar-refractivity contribution < 1.29 is 22.7 Å². The number of carbonyl (C=O) groups is 1. The molecule has 0 fully saturated rings. The number of benzene rings is 1. The topological polar surface area (TPSA) is 110 Å². The van der Waals surface area contributed by atoms with Gasteiger partial charge in [0.1, 0.15) is 11.3 Å². The number of aryl methyl sites for hydroxylation is 1. The maximum Gasteiger partial charge on any atom is 0.339 e. The molecule has 8 heteroatoms. The molecule has 2 N–H and O–H groups in total. The molecule has 1 aromatic carbocycles. The van der Waals surface area contributed by atoms with E-state index in [1.807, 2.05) is 24.3 Å². The van der Waals surface area contributed by atoms with Crippen LogP contribution >= 0.6 is 0 Å². The van der Waals surface area contributed by atoms with Crippen LogP contribution in [0.15, 0.2) is 52.2 Å². The monoisotopic (exact) mass is 360 g/mol. The van der Waals surface area contributed by atoms with Crippen LogP contribution in [0, 0.1) is 6.92 Å². The normalized spacial score (nSPS) is 13.0. The van der Waals surface area contributed by atoms with E-state index in [2.05, 4.69) is 9.71 Å². The molecule has 2 aromatic heterocycles. The minimum Gasteiger partial charge on any atom is -0.478 e. The van der Waals surface area contributed by atoms with E-state index in [4.69, 9.17) is 9.52 Å². The third kappa shape index (κ3) is 3.26. The molecule has 1 atom stereocenters. The van der Waals surface area contributed by atoms with Gasteiger partial charge in [0.05, 0.1) is 0 Å². The quantitative estimate of drug-likeness (QED) is 0.724. The smallest absolute Gasteiger partial charge is 0.339 e. The molecule has 3 rings (SSSR count). The molecule has 0 radical (unpaired) electrons. The number of furan rings is 1. The predicted octanol–water partition coefficient (Wildman–Crippen LogP) is 2.87. The van der Waals surface area contributed by atoms with Gasteiger partial charge in [0, 0.05) is 29.9 Å². The number of hydrogen-bond donors (Lipinski definition) is 2. The van der Waals surface area contributed by atoms with Crippen molar-refractivity contribution in [1.82, 2.24) is 9.71 Å². The van der Waals surface area contributed by atoms with Gasteiger partial charge in [-0.15, -0.1) is 0 Å². The van der Waals surface area contributed by atoms with Gasteiger partial charge in [0.25, 0.3) is 10.0 Å². The van der Waals surface area contributed by atoms with Crippen molar-refractivity contribution in [2.75, 3.05) is 0 Å². The number of hydrogen-bond acceptors (Lipinski definition) is 5. The molecule has 25 heavy (non-hydrogen) atoms. The zero-order chi connectivity index (χ0) is 18.2. The molecule has 0 amide bonds. The second kappa shape index (κ2) is 6.30. The number of aromatic nitrogens is 1. The van der Waals surface area contributed by atoms with Crippen LogP contribution in [0.3, 0.4) is 0 Å². The van der Waals surface area contributed by atoms with Crippen molar-refractivity contribution in [3.05, 3.63) is 59.6 Å². The summed E-state index contributed by atoms with van der Waals surface area (Å²) in [6.45, 7) is 3.12. The summed E-state index contributed by atoms with van der Waals surface area (Å²) >= 11 is 0. The lowest BCUT2D eigenvalue weighted by molar-refractivity contribution is 0.0695. The van der Waals surface area contributed by atoms with Gasteiger partial charge in [-0.1, -0.05) is 18.2 Å². The second-order valence-corrected chi connectivity index (χ2v) is 7.27. The fourth-order valence-corrected chi connectivity index (χ4v) is 3.90. The van der Waals surface area contributed by atoms with Crippen LogP contribution in [-0.4, -0.2) is 24.5 Å². The predicted molar refractivity (Wildman–Crippen MR) is 90.9 cm³/mol. The Morgan fingerprint density at radius 2 is 2.08 bits per heavy atom. The Hall–Kier alpha value is -2.71. The highest BCUT2D eigenvalue weighted by Crippen LogP contribution is 2.26. The molecule has 0 bridgehead atoms. The van der Waals surface area contributed by atoms with Crippen molar-refractivity contribution >= 4 is 26.8 Å². The van der Waals surface area contributed by atoms with Crippen molar-refractivity contribution in [2.24, 2.45) is 0 Å². The fraction of sp³-hybridized carbons (Fsp3) is 0.176. The highest BCUT2D eigenvalue weighted by Gasteiger charge is 2.26. The van der Waals surface area contributed by atoms with Crippen LogP contribution < -0.4 is 4.72 Å². The van der Waals surface area contributed by atoms with Gasteiger partial charge >= 0.3 is 5.97 Å². The van der Waals surface area contributed by atoms with Crippen LogP contribution in [0.5, 0.6) is 0 Å². The van der Waals surface area contributed by atoms with E-state index >= 15 is 0 Å². The maximum atomic E-state index is 12.5. The number of rotatable bonds is 5. The van der Waals surface area contributed by atoms with E-state index in [-0.39, 0.29) is 11.3 Å². The lowest BCUT2D eigenvalue weighted by Gasteiger charge is -2.15. The summed E-state index contributed by atoms with van der Waals surface area (Å²) in [5, 5.41) is 10.4. The molecular weight excluding hydrogens is 344 g/mol. The molecule has 0 unspecified atom stereocenters. The van der Waals surface area contributed by atoms with E-state index < -0.39 is 27.1 Å². The first-order valence-electron chi connectivity index (χ1n) is 7.48. The summed E-state index contributed by atoms with van der Waals surface area (Å²) in [5.74, 6) is -1.20. The SMILES string of the molecule is Cc1oc(S(=O)(=O)N[C@@H](C)c2cccc3cnccc23)cc1C(=O)O. The third-order valence-corrected chi connectivity index (χ3v) is 5.30. The van der Waals surface area contributed by atoms with Crippen LogP contribution in [0.1, 0.15) is 34.6 Å². The Morgan fingerprint density at radius 3 is 2.76 bits per heavy atom. The Kier molecular flexibility index (Phi) is 4.32. The Balaban J connectivity index is 1.95. The molecule has 0 aliphatic heterocycles. The molecule has 2 heterocycles. The average Bonchev–Trinajstić information content (AvgIpc) is 2.97. The Morgan fingerprint density at radius 1 is 1.32 bits per heavy atom. The van der Waals surface area contributed by atoms with Gasteiger partial charge in [0.2, 0.25) is 5.09 Å². The first-order valence-corrected chi connectivity index (χ1v) is 8.96. The first kappa shape index (κ1) is 17.1. The van der Waals surface area contributed by atoms with Crippen molar-refractivity contribution in [3.63, 3.8) is 0 Å². The maximum absolute atomic E-state index is 12.5. The highest BCUT2D eigenvalue weighted by molar-refractivity contribution is 7.89. The summed E-state index contributed by atoms with van der Waals surface area (Å²) in [6, 6.07) is 7.82. The zero-order valence-electron chi connectivity index (χ0n) is 13.6. The van der Waals surface area contributed by atoms with E-state index in [1.165, 1.54) is 6.92 Å². The van der Waals surface area contributed by atoms with Gasteiger partial charge < -0.3 is 9.52 Å². The second-order valence-electron chi connectivity index (χ2n) is 5.63. The summed E-state index contributed by atoms with van der Waals surface area (Å²) in [5.41, 5.74) is 0.606. The standard InChI is InChI=1S/C17H16N2O5S/c1-10(13-5-3-4-12-9-18-7-6-14(12)13)19-25(22,23)16-8-15(17(20)21)11(2)24-16/h3-10,19H,1-2H3,(H,20,21)/t10-/m0/s1. The number of aromatic carboxylic acids is 1.